The summed E-state index contributed by atoms with van der Waals surface area (Å²) in [6.07, 6.45) is 5.23. The number of benzene rings is 1. The molecule has 2 N–H and O–H groups in total. The zero-order valence-electron chi connectivity index (χ0n) is 12.3. The molecule has 0 radical (unpaired) electrons. The Bertz CT molecular complexity index is 425. The molecule has 1 aromatic carbocycles. The van der Waals surface area contributed by atoms with Gasteiger partial charge in [-0.25, -0.2) is 0 Å². The van der Waals surface area contributed by atoms with Gasteiger partial charge in [0.1, 0.15) is 5.75 Å². The number of carbonyl (C=O) groups excluding carboxylic acids is 1. The van der Waals surface area contributed by atoms with Gasteiger partial charge in [0, 0.05) is 11.7 Å². The SMILES string of the molecule is COc1ccc(NC(=O)CN[C@H](C)C2CCCC2)cc1. The van der Waals surface area contributed by atoms with Gasteiger partial charge in [-0.05, 0) is 49.9 Å². The summed E-state index contributed by atoms with van der Waals surface area (Å²) in [7, 11) is 1.63. The fourth-order valence-electron chi connectivity index (χ4n) is 2.76. The highest BCUT2D eigenvalue weighted by Crippen LogP contribution is 2.27. The maximum Gasteiger partial charge on any atom is 0.238 e. The Labute approximate surface area is 120 Å². The van der Waals surface area contributed by atoms with Gasteiger partial charge in [0.05, 0.1) is 13.7 Å². The number of rotatable bonds is 6. The van der Waals surface area contributed by atoms with Crippen molar-refractivity contribution < 1.29 is 9.53 Å². The van der Waals surface area contributed by atoms with Gasteiger partial charge in [0.2, 0.25) is 5.91 Å². The molecule has 2 rings (SSSR count). The molecule has 1 aromatic rings. The van der Waals surface area contributed by atoms with E-state index >= 15 is 0 Å². The molecule has 0 unspecified atom stereocenters. The van der Waals surface area contributed by atoms with Crippen LogP contribution in [0.25, 0.3) is 0 Å². The summed E-state index contributed by atoms with van der Waals surface area (Å²) in [5, 5.41) is 6.21. The predicted molar refractivity (Wildman–Crippen MR) is 81.0 cm³/mol. The van der Waals surface area contributed by atoms with Crippen molar-refractivity contribution in [2.75, 3.05) is 19.0 Å². The van der Waals surface area contributed by atoms with Crippen LogP contribution in [0, 0.1) is 5.92 Å². The van der Waals surface area contributed by atoms with Crippen molar-refractivity contribution in [3.63, 3.8) is 0 Å². The molecular formula is C16H24N2O2. The molecule has 110 valence electrons. The van der Waals surface area contributed by atoms with Crippen molar-refractivity contribution in [3.05, 3.63) is 24.3 Å². The minimum atomic E-state index is 0.0000128. The van der Waals surface area contributed by atoms with E-state index in [1.54, 1.807) is 7.11 Å². The molecule has 0 saturated heterocycles. The molecule has 4 heteroatoms. The number of amides is 1. The van der Waals surface area contributed by atoms with E-state index in [4.69, 9.17) is 4.74 Å². The van der Waals surface area contributed by atoms with Gasteiger partial charge in [-0.1, -0.05) is 12.8 Å². The number of hydrogen-bond donors (Lipinski definition) is 2. The summed E-state index contributed by atoms with van der Waals surface area (Å²) < 4.78 is 5.09. The van der Waals surface area contributed by atoms with E-state index < -0.39 is 0 Å². The van der Waals surface area contributed by atoms with Crippen LogP contribution >= 0.6 is 0 Å². The van der Waals surface area contributed by atoms with E-state index in [9.17, 15) is 4.79 Å². The Kier molecular flexibility index (Phi) is 5.41. The molecule has 0 bridgehead atoms. The minimum absolute atomic E-state index is 0.0000128. The Balaban J connectivity index is 1.74. The van der Waals surface area contributed by atoms with E-state index in [0.717, 1.165) is 17.4 Å². The molecule has 20 heavy (non-hydrogen) atoms. The molecule has 1 aliphatic rings. The summed E-state index contributed by atoms with van der Waals surface area (Å²) in [4.78, 5) is 11.9. The van der Waals surface area contributed by atoms with Crippen LogP contribution in [0.1, 0.15) is 32.6 Å². The quantitative estimate of drug-likeness (QED) is 0.840. The van der Waals surface area contributed by atoms with E-state index in [-0.39, 0.29) is 5.91 Å². The van der Waals surface area contributed by atoms with Crippen LogP contribution in [-0.4, -0.2) is 25.6 Å². The second-order valence-corrected chi connectivity index (χ2v) is 5.49. The number of hydrogen-bond acceptors (Lipinski definition) is 3. The average Bonchev–Trinajstić information content (AvgIpc) is 3.00. The maximum absolute atomic E-state index is 11.9. The van der Waals surface area contributed by atoms with Crippen LogP contribution < -0.4 is 15.4 Å². The Morgan fingerprint density at radius 2 is 1.95 bits per heavy atom. The summed E-state index contributed by atoms with van der Waals surface area (Å²) in [6.45, 7) is 2.54. The van der Waals surface area contributed by atoms with Crippen molar-refractivity contribution in [1.82, 2.24) is 5.32 Å². The lowest BCUT2D eigenvalue weighted by Crippen LogP contribution is -2.38. The number of carbonyl (C=O) groups is 1. The monoisotopic (exact) mass is 276 g/mol. The van der Waals surface area contributed by atoms with E-state index in [1.807, 2.05) is 24.3 Å². The normalized spacial score (nSPS) is 16.9. The van der Waals surface area contributed by atoms with Crippen molar-refractivity contribution in [2.24, 2.45) is 5.92 Å². The zero-order valence-corrected chi connectivity index (χ0v) is 12.3. The van der Waals surface area contributed by atoms with Crippen LogP contribution in [-0.2, 0) is 4.79 Å². The molecule has 0 spiro atoms. The molecule has 0 aliphatic heterocycles. The molecular weight excluding hydrogens is 252 g/mol. The molecule has 0 aromatic heterocycles. The van der Waals surface area contributed by atoms with Crippen LogP contribution in [0.15, 0.2) is 24.3 Å². The molecule has 1 atom stereocenters. The summed E-state index contributed by atoms with van der Waals surface area (Å²) >= 11 is 0. The topological polar surface area (TPSA) is 50.4 Å². The van der Waals surface area contributed by atoms with Crippen LogP contribution in [0.4, 0.5) is 5.69 Å². The lowest BCUT2D eigenvalue weighted by molar-refractivity contribution is -0.115. The predicted octanol–water partition coefficient (Wildman–Crippen LogP) is 2.80. The number of ether oxygens (including phenoxy) is 1. The van der Waals surface area contributed by atoms with Crippen molar-refractivity contribution in [3.8, 4) is 5.75 Å². The van der Waals surface area contributed by atoms with E-state index in [0.29, 0.717) is 12.6 Å². The van der Waals surface area contributed by atoms with Gasteiger partial charge < -0.3 is 15.4 Å². The maximum atomic E-state index is 11.9. The molecule has 1 saturated carbocycles. The average molecular weight is 276 g/mol. The second-order valence-electron chi connectivity index (χ2n) is 5.49. The Morgan fingerprint density at radius 1 is 1.30 bits per heavy atom. The summed E-state index contributed by atoms with van der Waals surface area (Å²) in [6, 6.07) is 7.78. The lowest BCUT2D eigenvalue weighted by atomic mass is 10.00. The van der Waals surface area contributed by atoms with E-state index in [2.05, 4.69) is 17.6 Å². The van der Waals surface area contributed by atoms with Crippen LogP contribution in [0.2, 0.25) is 0 Å². The largest absolute Gasteiger partial charge is 0.497 e. The van der Waals surface area contributed by atoms with Gasteiger partial charge in [-0.15, -0.1) is 0 Å². The van der Waals surface area contributed by atoms with Gasteiger partial charge in [0.15, 0.2) is 0 Å². The first-order chi connectivity index (χ1) is 9.69. The fourth-order valence-corrected chi connectivity index (χ4v) is 2.76. The molecule has 1 fully saturated rings. The minimum Gasteiger partial charge on any atom is -0.497 e. The summed E-state index contributed by atoms with van der Waals surface area (Å²) in [5.74, 6) is 1.51. The zero-order chi connectivity index (χ0) is 14.4. The first-order valence-corrected chi connectivity index (χ1v) is 7.36. The number of anilines is 1. The molecule has 1 amide bonds. The van der Waals surface area contributed by atoms with Crippen LogP contribution in [0.5, 0.6) is 5.75 Å². The highest BCUT2D eigenvalue weighted by atomic mass is 16.5. The van der Waals surface area contributed by atoms with Gasteiger partial charge in [-0.3, -0.25) is 4.79 Å². The third kappa shape index (κ3) is 4.23. The third-order valence-electron chi connectivity index (χ3n) is 4.07. The van der Waals surface area contributed by atoms with Gasteiger partial charge in [-0.2, -0.15) is 0 Å². The van der Waals surface area contributed by atoms with Gasteiger partial charge >= 0.3 is 0 Å². The Morgan fingerprint density at radius 3 is 2.55 bits per heavy atom. The van der Waals surface area contributed by atoms with Crippen molar-refractivity contribution >= 4 is 11.6 Å². The van der Waals surface area contributed by atoms with Crippen molar-refractivity contribution in [1.29, 1.82) is 0 Å². The number of nitrogens with one attached hydrogen (secondary N) is 2. The highest BCUT2D eigenvalue weighted by molar-refractivity contribution is 5.92. The fraction of sp³-hybridized carbons (Fsp3) is 0.562. The molecule has 1 aliphatic carbocycles. The second kappa shape index (κ2) is 7.29. The standard InChI is InChI=1S/C16H24N2O2/c1-12(13-5-3-4-6-13)17-11-16(19)18-14-7-9-15(20-2)10-8-14/h7-10,12-13,17H,3-6,11H2,1-2H3,(H,18,19)/t12-/m1/s1. The van der Waals surface area contributed by atoms with Gasteiger partial charge in [0.25, 0.3) is 0 Å². The number of methoxy groups -OCH3 is 1. The third-order valence-corrected chi connectivity index (χ3v) is 4.07. The Hall–Kier alpha value is -1.55. The van der Waals surface area contributed by atoms with Crippen molar-refractivity contribution in [2.45, 2.75) is 38.6 Å². The summed E-state index contributed by atoms with van der Waals surface area (Å²) in [5.41, 5.74) is 0.797. The first-order valence-electron chi connectivity index (χ1n) is 7.36. The first kappa shape index (κ1) is 14.9. The smallest absolute Gasteiger partial charge is 0.238 e. The van der Waals surface area contributed by atoms with E-state index in [1.165, 1.54) is 25.7 Å². The molecule has 0 heterocycles. The molecule has 4 nitrogen and oxygen atoms in total. The lowest BCUT2D eigenvalue weighted by Gasteiger charge is -2.20. The van der Waals surface area contributed by atoms with Crippen LogP contribution in [0.3, 0.4) is 0 Å². The highest BCUT2D eigenvalue weighted by Gasteiger charge is 2.21.